The molecule has 3 rings (SSSR count). The zero-order valence-corrected chi connectivity index (χ0v) is 23.7. The van der Waals surface area contributed by atoms with Crippen LogP contribution in [0.2, 0.25) is 0 Å². The Morgan fingerprint density at radius 3 is 2.35 bits per heavy atom. The molecule has 1 N–H and O–H groups in total. The molecule has 2 atom stereocenters. The van der Waals surface area contributed by atoms with E-state index in [2.05, 4.69) is 10.3 Å². The Hall–Kier alpha value is -3.85. The van der Waals surface area contributed by atoms with E-state index in [0.717, 1.165) is 9.47 Å². The SMILES string of the molecule is CCN(C(=O)C(=O)N(C)C)C1CCC(OC)Cn2c1nc(C(=O)NCc1ccc(F)cc1)c(OS(C)(=O)=O)c2=O. The van der Waals surface area contributed by atoms with Crippen molar-refractivity contribution in [3.05, 3.63) is 57.5 Å². The van der Waals surface area contributed by atoms with E-state index in [0.29, 0.717) is 18.2 Å². The fourth-order valence-electron chi connectivity index (χ4n) is 4.31. The molecule has 3 amide bonds. The van der Waals surface area contributed by atoms with E-state index in [1.54, 1.807) is 6.92 Å². The molecule has 1 aromatic carbocycles. The van der Waals surface area contributed by atoms with Gasteiger partial charge in [0.05, 0.1) is 24.9 Å². The number of fused-ring (bicyclic) bond motifs is 1. The van der Waals surface area contributed by atoms with Crippen LogP contribution >= 0.6 is 0 Å². The van der Waals surface area contributed by atoms with E-state index in [1.807, 2.05) is 0 Å². The molecule has 15 heteroatoms. The minimum absolute atomic E-state index is 0.0286. The number of nitrogens with zero attached hydrogens (tertiary/aromatic N) is 4. The molecule has 0 saturated carbocycles. The number of carbonyl (C=O) groups is 3. The van der Waals surface area contributed by atoms with Gasteiger partial charge in [-0.1, -0.05) is 12.1 Å². The Balaban J connectivity index is 2.18. The summed E-state index contributed by atoms with van der Waals surface area (Å²) >= 11 is 0. The van der Waals surface area contributed by atoms with Crippen molar-refractivity contribution in [1.82, 2.24) is 24.7 Å². The topological polar surface area (TPSA) is 157 Å². The molecule has 40 heavy (non-hydrogen) atoms. The van der Waals surface area contributed by atoms with Crippen molar-refractivity contribution in [2.45, 2.75) is 45.0 Å². The van der Waals surface area contributed by atoms with Crippen LogP contribution in [0.25, 0.3) is 0 Å². The van der Waals surface area contributed by atoms with Crippen LogP contribution in [0.15, 0.2) is 29.1 Å². The summed E-state index contributed by atoms with van der Waals surface area (Å²) in [6.07, 6.45) is 0.784. The second-order valence-corrected chi connectivity index (χ2v) is 11.0. The van der Waals surface area contributed by atoms with Crippen LogP contribution in [-0.4, -0.2) is 85.6 Å². The molecular formula is C25H32FN5O8S. The molecule has 0 aliphatic carbocycles. The predicted octanol–water partition coefficient (Wildman–Crippen LogP) is 0.437. The van der Waals surface area contributed by atoms with Crippen molar-refractivity contribution in [3.63, 3.8) is 0 Å². The molecule has 1 aliphatic rings. The van der Waals surface area contributed by atoms with Crippen LogP contribution in [0, 0.1) is 5.82 Å². The quantitative estimate of drug-likeness (QED) is 0.345. The second-order valence-electron chi connectivity index (χ2n) is 9.40. The maximum absolute atomic E-state index is 13.7. The van der Waals surface area contributed by atoms with Crippen LogP contribution in [0.4, 0.5) is 4.39 Å². The Morgan fingerprint density at radius 1 is 1.15 bits per heavy atom. The van der Waals surface area contributed by atoms with Gasteiger partial charge in [-0.3, -0.25) is 23.7 Å². The van der Waals surface area contributed by atoms with E-state index >= 15 is 0 Å². The van der Waals surface area contributed by atoms with Gasteiger partial charge in [0, 0.05) is 34.3 Å². The third kappa shape index (κ3) is 7.01. The molecule has 0 radical (unpaired) electrons. The van der Waals surface area contributed by atoms with Crippen molar-refractivity contribution in [2.24, 2.45) is 0 Å². The number of halogens is 1. The minimum Gasteiger partial charge on any atom is -0.380 e. The maximum atomic E-state index is 13.7. The van der Waals surface area contributed by atoms with Gasteiger partial charge in [0.1, 0.15) is 11.6 Å². The summed E-state index contributed by atoms with van der Waals surface area (Å²) < 4.78 is 48.9. The van der Waals surface area contributed by atoms with Crippen LogP contribution < -0.4 is 15.1 Å². The van der Waals surface area contributed by atoms with Crippen LogP contribution in [0.3, 0.4) is 0 Å². The molecule has 1 aliphatic heterocycles. The zero-order chi connectivity index (χ0) is 29.8. The van der Waals surface area contributed by atoms with Gasteiger partial charge in [0.25, 0.3) is 11.5 Å². The number of benzene rings is 1. The molecule has 0 fully saturated rings. The lowest BCUT2D eigenvalue weighted by atomic mass is 10.1. The number of aromatic nitrogens is 2. The standard InChI is InChI=1S/C25H32FN5O8S/c1-6-30(25(35)24(34)29(2)3)18-12-11-17(38-4)14-31-21(18)28-19(20(23(31)33)39-40(5,36)37)22(32)27-13-15-7-9-16(26)10-8-15/h7-10,17-18H,6,11-14H2,1-5H3,(H,27,32). The first-order chi connectivity index (χ1) is 18.8. The number of nitrogens with one attached hydrogen (secondary N) is 1. The third-order valence-electron chi connectivity index (χ3n) is 6.32. The lowest BCUT2D eigenvalue weighted by Crippen LogP contribution is -2.45. The number of hydrogen-bond acceptors (Lipinski definition) is 9. The summed E-state index contributed by atoms with van der Waals surface area (Å²) in [7, 11) is 0.0207. The fourth-order valence-corrected chi connectivity index (χ4v) is 4.76. The molecular weight excluding hydrogens is 549 g/mol. The number of hydrogen-bond donors (Lipinski definition) is 1. The zero-order valence-electron chi connectivity index (χ0n) is 22.8. The average molecular weight is 582 g/mol. The highest BCUT2D eigenvalue weighted by Gasteiger charge is 2.37. The van der Waals surface area contributed by atoms with Gasteiger partial charge in [0.15, 0.2) is 5.69 Å². The first kappa shape index (κ1) is 30.7. The molecule has 218 valence electrons. The van der Waals surface area contributed by atoms with Crippen LogP contribution in [0.5, 0.6) is 5.75 Å². The Morgan fingerprint density at radius 2 is 1.80 bits per heavy atom. The van der Waals surface area contributed by atoms with E-state index < -0.39 is 62.8 Å². The molecule has 0 spiro atoms. The first-order valence-corrected chi connectivity index (χ1v) is 14.2. The normalized spacial score (nSPS) is 16.9. The van der Waals surface area contributed by atoms with E-state index in [1.165, 1.54) is 50.4 Å². The number of rotatable bonds is 8. The molecule has 2 heterocycles. The summed E-state index contributed by atoms with van der Waals surface area (Å²) in [5, 5.41) is 2.53. The van der Waals surface area contributed by atoms with Crippen molar-refractivity contribution in [3.8, 4) is 5.75 Å². The molecule has 0 bridgehead atoms. The highest BCUT2D eigenvalue weighted by atomic mass is 32.2. The second kappa shape index (κ2) is 12.6. The molecule has 2 aromatic rings. The van der Waals surface area contributed by atoms with E-state index in [-0.39, 0.29) is 31.9 Å². The van der Waals surface area contributed by atoms with Gasteiger partial charge in [-0.05, 0) is 37.5 Å². The summed E-state index contributed by atoms with van der Waals surface area (Å²) in [4.78, 5) is 59.4. The van der Waals surface area contributed by atoms with Gasteiger partial charge in [-0.2, -0.15) is 8.42 Å². The summed E-state index contributed by atoms with van der Waals surface area (Å²) in [6, 6.07) is 4.36. The van der Waals surface area contributed by atoms with E-state index in [9.17, 15) is 32.0 Å². The number of likely N-dealkylation sites (N-methyl/N-ethyl adjacent to an activating group) is 2. The molecule has 2 unspecified atom stereocenters. The van der Waals surface area contributed by atoms with Crippen LogP contribution in [-0.2, 0) is 37.5 Å². The van der Waals surface area contributed by atoms with Crippen LogP contribution in [0.1, 0.15) is 47.7 Å². The first-order valence-electron chi connectivity index (χ1n) is 12.4. The third-order valence-corrected chi connectivity index (χ3v) is 6.79. The smallest absolute Gasteiger partial charge is 0.312 e. The Bertz CT molecular complexity index is 1440. The van der Waals surface area contributed by atoms with Gasteiger partial charge in [0.2, 0.25) is 5.75 Å². The molecule has 1 aromatic heterocycles. The highest BCUT2D eigenvalue weighted by molar-refractivity contribution is 7.86. The molecule has 0 saturated heterocycles. The van der Waals surface area contributed by atoms with Gasteiger partial charge >= 0.3 is 21.9 Å². The molecule has 13 nitrogen and oxygen atoms in total. The Kier molecular flexibility index (Phi) is 9.63. The summed E-state index contributed by atoms with van der Waals surface area (Å²) in [5.41, 5.74) is -1.07. The van der Waals surface area contributed by atoms with Crippen molar-refractivity contribution >= 4 is 27.8 Å². The lowest BCUT2D eigenvalue weighted by Gasteiger charge is -2.31. The van der Waals surface area contributed by atoms with Crippen molar-refractivity contribution in [2.75, 3.05) is 34.0 Å². The average Bonchev–Trinajstić information content (AvgIpc) is 3.08. The number of amides is 3. The van der Waals surface area contributed by atoms with Gasteiger partial charge in [-0.15, -0.1) is 0 Å². The number of carbonyl (C=O) groups excluding carboxylic acids is 3. The van der Waals surface area contributed by atoms with Crippen molar-refractivity contribution < 1.29 is 36.1 Å². The van der Waals surface area contributed by atoms with Gasteiger partial charge in [-0.25, -0.2) is 9.37 Å². The Labute approximate surface area is 231 Å². The highest BCUT2D eigenvalue weighted by Crippen LogP contribution is 2.31. The minimum atomic E-state index is -4.27. The maximum Gasteiger partial charge on any atom is 0.312 e. The fraction of sp³-hybridized carbons (Fsp3) is 0.480. The monoisotopic (exact) mass is 581 g/mol. The summed E-state index contributed by atoms with van der Waals surface area (Å²) in [6.45, 7) is 1.56. The lowest BCUT2D eigenvalue weighted by molar-refractivity contribution is -0.152. The predicted molar refractivity (Wildman–Crippen MR) is 140 cm³/mol. The number of ether oxygens (including phenoxy) is 1. The number of methoxy groups -OCH3 is 1. The van der Waals surface area contributed by atoms with Crippen molar-refractivity contribution in [1.29, 1.82) is 0 Å². The summed E-state index contributed by atoms with van der Waals surface area (Å²) in [5.74, 6) is -3.89. The van der Waals surface area contributed by atoms with Gasteiger partial charge < -0.3 is 24.0 Å². The largest absolute Gasteiger partial charge is 0.380 e. The van der Waals surface area contributed by atoms with E-state index in [4.69, 9.17) is 8.92 Å².